The molecule has 3 nitrogen and oxygen atoms in total. The molecule has 2 N–H and O–H groups in total. The first kappa shape index (κ1) is 12.2. The van der Waals surface area contributed by atoms with Gasteiger partial charge in [-0.2, -0.15) is 0 Å². The molecule has 1 rings (SSSR count). The second kappa shape index (κ2) is 6.65. The molecule has 6 heteroatoms. The first-order chi connectivity index (χ1) is 4.79. The first-order valence-corrected chi connectivity index (χ1v) is 5.91. The molecule has 0 amide bonds. The fraction of sp³-hybridized carbons (Fsp3) is 1.00. The fourth-order valence-corrected chi connectivity index (χ4v) is 3.77. The Morgan fingerprint density at radius 3 is 2.09 bits per heavy atom. The predicted molar refractivity (Wildman–Crippen MR) is 49.0 cm³/mol. The van der Waals surface area contributed by atoms with Crippen LogP contribution < -0.4 is 0 Å². The minimum absolute atomic E-state index is 0. The summed E-state index contributed by atoms with van der Waals surface area (Å²) in [5, 5.41) is 16.9. The van der Waals surface area contributed by atoms with Gasteiger partial charge in [-0.1, -0.05) is 19.3 Å². The van der Waals surface area contributed by atoms with E-state index in [1.807, 2.05) is 0 Å². The normalized spacial score (nSPS) is 19.1. The molecule has 0 spiro atoms. The van der Waals surface area contributed by atoms with Gasteiger partial charge in [-0.15, -0.1) is 0 Å². The predicted octanol–water partition coefficient (Wildman–Crippen LogP) is -0.768. The zero-order valence-electron chi connectivity index (χ0n) is 5.99. The molecule has 0 unspecified atom stereocenters. The Morgan fingerprint density at radius 2 is 1.64 bits per heavy atom. The summed E-state index contributed by atoms with van der Waals surface area (Å²) in [7, 11) is -2.70. The molecule has 60 valence electrons. The van der Waals surface area contributed by atoms with E-state index in [9.17, 15) is 0 Å². The summed E-state index contributed by atoms with van der Waals surface area (Å²) in [4.78, 5) is 0. The Labute approximate surface area is 91.3 Å². The van der Waals surface area contributed by atoms with Gasteiger partial charge >= 0.3 is 36.9 Å². The van der Waals surface area contributed by atoms with Gasteiger partial charge in [0.15, 0.2) is 9.04 Å². The van der Waals surface area contributed by atoms with Crippen molar-refractivity contribution in [2.75, 3.05) is 0 Å². The van der Waals surface area contributed by atoms with Crippen LogP contribution >= 0.6 is 0 Å². The van der Waals surface area contributed by atoms with Crippen molar-refractivity contribution >= 4 is 45.9 Å². The van der Waals surface area contributed by atoms with E-state index in [2.05, 4.69) is 0 Å². The van der Waals surface area contributed by atoms with Crippen LogP contribution in [-0.4, -0.2) is 56.0 Å². The summed E-state index contributed by atoms with van der Waals surface area (Å²) >= 11 is 0. The van der Waals surface area contributed by atoms with E-state index < -0.39 is 16.4 Å². The van der Waals surface area contributed by atoms with Crippen LogP contribution in [0.1, 0.15) is 19.3 Å². The monoisotopic (exact) mass is 184 g/mol. The van der Waals surface area contributed by atoms with E-state index in [-0.39, 0.29) is 29.6 Å². The number of hydrogen-bond acceptors (Lipinski definition) is 3. The molecule has 1 heterocycles. The van der Waals surface area contributed by atoms with Gasteiger partial charge in [-0.25, -0.2) is 0 Å². The van der Waals surface area contributed by atoms with Gasteiger partial charge < -0.3 is 14.4 Å². The van der Waals surface area contributed by atoms with Crippen molar-refractivity contribution in [3.05, 3.63) is 0 Å². The van der Waals surface area contributed by atoms with E-state index in [4.69, 9.17) is 14.4 Å². The Bertz CT molecular complexity index is 99.7. The molecule has 1 fully saturated rings. The quantitative estimate of drug-likeness (QED) is 0.554. The molecule has 0 saturated carbocycles. The van der Waals surface area contributed by atoms with Gasteiger partial charge in [0.05, 0.1) is 0 Å². The summed E-state index contributed by atoms with van der Waals surface area (Å²) in [6, 6.07) is 2.22. The fourth-order valence-electron chi connectivity index (χ4n) is 1.37. The van der Waals surface area contributed by atoms with Crippen LogP contribution in [0.25, 0.3) is 0 Å². The summed E-state index contributed by atoms with van der Waals surface area (Å²) in [6.45, 7) is 0. The van der Waals surface area contributed by atoms with E-state index in [0.717, 1.165) is 12.1 Å². The molecular formula is C5H14BNaO3Si. The molecule has 0 aromatic carbocycles. The van der Waals surface area contributed by atoms with Crippen LogP contribution in [0.5, 0.6) is 0 Å². The molecule has 0 aliphatic carbocycles. The number of hydrogen-bond donors (Lipinski definition) is 2. The standard InChI is InChI=1S/C5H13BO3Si.Na.H/c7-6(8)9-10-4-2-1-3-5-10;;/h7-8,10H,1-5H2;;. The Kier molecular flexibility index (Phi) is 7.36. The van der Waals surface area contributed by atoms with Crippen molar-refractivity contribution in [3.63, 3.8) is 0 Å². The Morgan fingerprint density at radius 1 is 1.09 bits per heavy atom. The second-order valence-corrected chi connectivity index (χ2v) is 5.39. The van der Waals surface area contributed by atoms with Crippen molar-refractivity contribution in [2.24, 2.45) is 0 Å². The molecule has 0 aromatic heterocycles. The molecule has 11 heavy (non-hydrogen) atoms. The summed E-state index contributed by atoms with van der Waals surface area (Å²) < 4.78 is 4.94. The van der Waals surface area contributed by atoms with Crippen LogP contribution in [0.3, 0.4) is 0 Å². The average molecular weight is 184 g/mol. The van der Waals surface area contributed by atoms with Crippen molar-refractivity contribution < 1.29 is 14.4 Å². The SMILES string of the molecule is OB(O)O[SiH]1CCCCC1.[NaH]. The molecular weight excluding hydrogens is 170 g/mol. The van der Waals surface area contributed by atoms with E-state index >= 15 is 0 Å². The molecule has 1 aliphatic rings. The molecule has 0 aromatic rings. The van der Waals surface area contributed by atoms with Gasteiger partial charge in [0, 0.05) is 0 Å². The zero-order chi connectivity index (χ0) is 7.40. The van der Waals surface area contributed by atoms with E-state index in [0.29, 0.717) is 0 Å². The summed E-state index contributed by atoms with van der Waals surface area (Å²) in [6.07, 6.45) is 3.71. The van der Waals surface area contributed by atoms with Crippen molar-refractivity contribution in [1.82, 2.24) is 0 Å². The molecule has 1 aliphatic heterocycles. The molecule has 0 radical (unpaired) electrons. The first-order valence-electron chi connectivity index (χ1n) is 3.80. The maximum atomic E-state index is 8.47. The van der Waals surface area contributed by atoms with E-state index in [1.165, 1.54) is 19.3 Å². The van der Waals surface area contributed by atoms with Gasteiger partial charge in [-0.3, -0.25) is 0 Å². The zero-order valence-corrected chi connectivity index (χ0v) is 7.15. The van der Waals surface area contributed by atoms with Gasteiger partial charge in [0.1, 0.15) is 0 Å². The molecule has 1 saturated heterocycles. The third-order valence-corrected chi connectivity index (χ3v) is 4.60. The van der Waals surface area contributed by atoms with Gasteiger partial charge in [-0.05, 0) is 12.1 Å². The summed E-state index contributed by atoms with van der Waals surface area (Å²) in [5.74, 6) is 0. The molecule has 0 bridgehead atoms. The Hall–Kier alpha value is 1.16. The topological polar surface area (TPSA) is 49.7 Å². The van der Waals surface area contributed by atoms with Gasteiger partial charge in [0.2, 0.25) is 0 Å². The third-order valence-electron chi connectivity index (χ3n) is 1.87. The van der Waals surface area contributed by atoms with Gasteiger partial charge in [0.25, 0.3) is 0 Å². The van der Waals surface area contributed by atoms with Crippen LogP contribution in [0.4, 0.5) is 0 Å². The maximum absolute atomic E-state index is 8.47. The second-order valence-electron chi connectivity index (χ2n) is 2.72. The van der Waals surface area contributed by atoms with Crippen LogP contribution in [0.2, 0.25) is 12.1 Å². The third kappa shape index (κ3) is 5.41. The van der Waals surface area contributed by atoms with Crippen molar-refractivity contribution in [3.8, 4) is 0 Å². The van der Waals surface area contributed by atoms with Crippen molar-refractivity contribution in [2.45, 2.75) is 31.4 Å². The summed E-state index contributed by atoms with van der Waals surface area (Å²) in [5.41, 5.74) is 0. The van der Waals surface area contributed by atoms with Crippen molar-refractivity contribution in [1.29, 1.82) is 0 Å². The van der Waals surface area contributed by atoms with E-state index in [1.54, 1.807) is 0 Å². The number of rotatable bonds is 2. The van der Waals surface area contributed by atoms with Crippen LogP contribution in [0, 0.1) is 0 Å². The minimum atomic E-state index is -1.52. The Balaban J connectivity index is 0.000001000. The average Bonchev–Trinajstić information content (AvgIpc) is 1.88. The van der Waals surface area contributed by atoms with Crippen LogP contribution in [0.15, 0.2) is 0 Å². The van der Waals surface area contributed by atoms with Crippen LogP contribution in [-0.2, 0) is 4.34 Å². The molecule has 0 atom stereocenters.